The van der Waals surface area contributed by atoms with E-state index in [1.54, 1.807) is 32.4 Å². The van der Waals surface area contributed by atoms with E-state index in [1.165, 1.54) is 9.91 Å². The molecule has 2 aromatic heterocycles. The Morgan fingerprint density at radius 1 is 1.04 bits per heavy atom. The van der Waals surface area contributed by atoms with Crippen LogP contribution in [0.15, 0.2) is 91.6 Å². The zero-order chi connectivity index (χ0) is 53.7. The molecule has 1 aliphatic carbocycles. The molecule has 4 fully saturated rings. The molecule has 76 heavy (non-hydrogen) atoms. The summed E-state index contributed by atoms with van der Waals surface area (Å²) in [6.07, 6.45) is 3.74. The molecule has 9 atom stereocenters. The van der Waals surface area contributed by atoms with E-state index in [0.29, 0.717) is 31.7 Å². The second kappa shape index (κ2) is 21.4. The van der Waals surface area contributed by atoms with Gasteiger partial charge in [0.15, 0.2) is 0 Å². The summed E-state index contributed by atoms with van der Waals surface area (Å²) in [5, 5.41) is 17.1. The predicted octanol–water partition coefficient (Wildman–Crippen LogP) is 6.89. The van der Waals surface area contributed by atoms with Gasteiger partial charge in [0, 0.05) is 93.6 Å². The van der Waals surface area contributed by atoms with Crippen molar-refractivity contribution in [3.8, 4) is 28.1 Å². The van der Waals surface area contributed by atoms with Crippen molar-refractivity contribution in [2.45, 2.75) is 96.7 Å². The lowest BCUT2D eigenvalue weighted by Gasteiger charge is -2.41. The van der Waals surface area contributed by atoms with Crippen LogP contribution in [0.4, 0.5) is 5.69 Å². The van der Waals surface area contributed by atoms with Gasteiger partial charge in [-0.3, -0.25) is 29.2 Å². The minimum absolute atomic E-state index is 0.00521. The van der Waals surface area contributed by atoms with Gasteiger partial charge in [0.1, 0.15) is 30.0 Å². The maximum Gasteiger partial charge on any atom is 0.325 e. The van der Waals surface area contributed by atoms with E-state index < -0.39 is 53.3 Å². The molecule has 10 rings (SSSR count). The molecular formula is C60H74N8O8. The second-order valence-electron chi connectivity index (χ2n) is 22.7. The number of benzene rings is 3. The topological polar surface area (TPSA) is 171 Å². The number of fused-ring (bicyclic) bond motifs is 8. The van der Waals surface area contributed by atoms with E-state index in [0.717, 1.165) is 88.4 Å². The van der Waals surface area contributed by atoms with Gasteiger partial charge in [-0.2, -0.15) is 0 Å². The van der Waals surface area contributed by atoms with Crippen molar-refractivity contribution in [2.24, 2.45) is 23.2 Å². The van der Waals surface area contributed by atoms with Gasteiger partial charge in [0.05, 0.1) is 42.6 Å². The molecule has 6 heterocycles. The van der Waals surface area contributed by atoms with E-state index in [9.17, 15) is 19.5 Å². The smallest absolute Gasteiger partial charge is 0.325 e. The number of ether oxygens (including phenoxy) is 3. The van der Waals surface area contributed by atoms with Crippen molar-refractivity contribution in [2.75, 3.05) is 72.0 Å². The fourth-order valence-corrected chi connectivity index (χ4v) is 12.0. The van der Waals surface area contributed by atoms with Crippen LogP contribution in [0.3, 0.4) is 0 Å². The number of amides is 3. The number of aromatic hydroxyl groups is 1. The van der Waals surface area contributed by atoms with Crippen LogP contribution in [0.25, 0.3) is 33.3 Å². The van der Waals surface area contributed by atoms with E-state index in [2.05, 4.69) is 83.8 Å². The van der Waals surface area contributed by atoms with Crippen LogP contribution in [-0.2, 0) is 52.8 Å². The number of aryl methyl sites for hydroxylation is 1. The van der Waals surface area contributed by atoms with Crippen LogP contribution in [0.5, 0.6) is 5.75 Å². The van der Waals surface area contributed by atoms with Gasteiger partial charge in [-0.25, -0.2) is 5.43 Å². The number of cyclic esters (lactones) is 1. The molecule has 5 aromatic rings. The molecule has 5 aliphatic rings. The third kappa shape index (κ3) is 10.4. The maximum absolute atomic E-state index is 15.1. The Labute approximate surface area is 446 Å². The fraction of sp³-hybridized carbons (Fsp3) is 0.483. The number of likely N-dealkylation sites (N-methyl/N-ethyl adjacent to an activating group) is 2. The number of phenols is 1. The minimum atomic E-state index is -1.19. The van der Waals surface area contributed by atoms with Crippen molar-refractivity contribution >= 4 is 40.3 Å². The van der Waals surface area contributed by atoms with Gasteiger partial charge in [-0.15, -0.1) is 6.58 Å². The first-order valence-electron chi connectivity index (χ1n) is 27.0. The summed E-state index contributed by atoms with van der Waals surface area (Å²) in [7, 11) is 5.44. The number of pyridine rings is 1. The van der Waals surface area contributed by atoms with Crippen LogP contribution in [-0.4, -0.2) is 145 Å². The first-order chi connectivity index (χ1) is 36.5. The average Bonchev–Trinajstić information content (AvgIpc) is 4.19. The van der Waals surface area contributed by atoms with Crippen LogP contribution < -0.4 is 15.6 Å². The first-order valence-corrected chi connectivity index (χ1v) is 27.0. The van der Waals surface area contributed by atoms with E-state index >= 15 is 4.79 Å². The normalized spacial score (nSPS) is 24.8. The molecule has 16 nitrogen and oxygen atoms in total. The SMILES string of the molecule is C=C[C@@H](C)[C@@H](C(=O)N[C@H]1Cc2cc(O)cc(c2)-c2ccc3c(c2)c(c(-c2cc(N4CCN(C)CC4)cnc2[C@H](C)OC)n3CC)CC(C)(C)COC(=O)[C@H]2NN(CC3C[C@@H]32)C1=O)N(C)C(=O)[C@@H]1OC[C@@H]1c1ccccc1. The predicted molar refractivity (Wildman–Crippen MR) is 292 cm³/mol. The van der Waals surface area contributed by atoms with E-state index in [-0.39, 0.29) is 48.5 Å². The quantitative estimate of drug-likeness (QED) is 0.0875. The summed E-state index contributed by atoms with van der Waals surface area (Å²) < 4.78 is 20.5. The van der Waals surface area contributed by atoms with Gasteiger partial charge < -0.3 is 43.9 Å². The van der Waals surface area contributed by atoms with Gasteiger partial charge in [0.25, 0.3) is 11.8 Å². The van der Waals surface area contributed by atoms with Gasteiger partial charge in [0.2, 0.25) is 5.91 Å². The van der Waals surface area contributed by atoms with Crippen molar-refractivity contribution in [1.29, 1.82) is 0 Å². The molecule has 0 spiro atoms. The highest BCUT2D eigenvalue weighted by atomic mass is 16.5. The Hall–Kier alpha value is -6.59. The average molecular weight is 1040 g/mol. The summed E-state index contributed by atoms with van der Waals surface area (Å²) in [6, 6.07) is 20.6. The lowest BCUT2D eigenvalue weighted by Crippen LogP contribution is -2.63. The lowest BCUT2D eigenvalue weighted by molar-refractivity contribution is -0.164. The summed E-state index contributed by atoms with van der Waals surface area (Å²) >= 11 is 0. The Morgan fingerprint density at radius 2 is 1.80 bits per heavy atom. The molecule has 0 radical (unpaired) electrons. The van der Waals surface area contributed by atoms with Crippen molar-refractivity contribution < 1.29 is 38.5 Å². The number of piperazine rings is 1. The van der Waals surface area contributed by atoms with Crippen LogP contribution in [0, 0.1) is 23.2 Å². The third-order valence-corrected chi connectivity index (χ3v) is 16.7. The monoisotopic (exact) mass is 1030 g/mol. The van der Waals surface area contributed by atoms with Crippen molar-refractivity contribution in [3.63, 3.8) is 0 Å². The van der Waals surface area contributed by atoms with E-state index in [4.69, 9.17) is 19.2 Å². The number of rotatable bonds is 12. The van der Waals surface area contributed by atoms with Gasteiger partial charge >= 0.3 is 5.97 Å². The van der Waals surface area contributed by atoms with Crippen LogP contribution >= 0.6 is 0 Å². The summed E-state index contributed by atoms with van der Waals surface area (Å²) in [5.74, 6) is -2.48. The molecule has 402 valence electrons. The maximum atomic E-state index is 15.1. The number of hydrazine groups is 1. The number of hydrogen-bond donors (Lipinski definition) is 3. The molecule has 1 unspecified atom stereocenters. The Bertz CT molecular complexity index is 3020. The molecule has 3 amide bonds. The van der Waals surface area contributed by atoms with Crippen molar-refractivity contribution in [1.82, 2.24) is 35.1 Å². The molecule has 3 N–H and O–H groups in total. The summed E-state index contributed by atoms with van der Waals surface area (Å²) in [4.78, 5) is 69.9. The Balaban J connectivity index is 1.06. The van der Waals surface area contributed by atoms with Gasteiger partial charge in [-0.05, 0) is 104 Å². The highest BCUT2D eigenvalue weighted by Crippen LogP contribution is 2.46. The number of aromatic nitrogens is 2. The molecular weight excluding hydrogens is 961 g/mol. The Kier molecular flexibility index (Phi) is 14.9. The highest BCUT2D eigenvalue weighted by molar-refractivity contribution is 5.97. The summed E-state index contributed by atoms with van der Waals surface area (Å²) in [6.45, 7) is 19.3. The molecule has 16 heteroatoms. The molecule has 6 bridgehead atoms. The molecule has 3 saturated heterocycles. The van der Waals surface area contributed by atoms with Crippen LogP contribution in [0.2, 0.25) is 0 Å². The second-order valence-corrected chi connectivity index (χ2v) is 22.7. The zero-order valence-electron chi connectivity index (χ0n) is 45.3. The number of carbonyl (C=O) groups is 4. The fourth-order valence-electron chi connectivity index (χ4n) is 12.0. The van der Waals surface area contributed by atoms with Crippen molar-refractivity contribution in [3.05, 3.63) is 114 Å². The lowest BCUT2D eigenvalue weighted by atomic mass is 9.84. The summed E-state index contributed by atoms with van der Waals surface area (Å²) in [5.41, 5.74) is 11.8. The standard InChI is InChI=1S/C60H74N8O8/c1-10-35(3)53(65(8)58(72)55-48(33-75-55)38-15-13-12-14-16-38)56(70)62-49-25-37-23-40(26-43(69)24-37)39-17-18-50-45(27-39)47(30-60(5,6)34-76-59(73)52-44-28-41(44)32-68(63-52)57(49)71)54(67(50)11-2)46-29-42(31-61-51(46)36(4)74-9)66-21-19-64(7)20-22-66/h10,12-18,23-24,26-27,29,31,35-36,41,44,48-49,52-53,55,63,69H,1,11,19-22,25,28,30,32-34H2,2-9H3,(H,62,70)/t35-,36+,41?,44+,48-,49+,52+,53+,55-/m1/s1. The number of nitrogens with zero attached hydrogens (tertiary/aromatic N) is 6. The Morgan fingerprint density at radius 3 is 2.50 bits per heavy atom. The van der Waals surface area contributed by atoms with E-state index in [1.807, 2.05) is 56.4 Å². The van der Waals surface area contributed by atoms with Gasteiger partial charge in [-0.1, -0.05) is 69.3 Å². The number of carbonyl (C=O) groups excluding carboxylic acids is 4. The number of anilines is 1. The largest absolute Gasteiger partial charge is 0.508 e. The minimum Gasteiger partial charge on any atom is -0.508 e. The first kappa shape index (κ1) is 52.8. The molecule has 1 saturated carbocycles. The highest BCUT2D eigenvalue weighted by Gasteiger charge is 2.53. The van der Waals surface area contributed by atoms with Crippen LogP contribution in [0.1, 0.15) is 75.4 Å². The third-order valence-electron chi connectivity index (χ3n) is 16.7. The molecule has 4 aliphatic heterocycles. The number of methoxy groups -OCH3 is 1. The molecule has 3 aromatic carbocycles. The number of phenolic OH excluding ortho intramolecular Hbond substituents is 1. The zero-order valence-corrected chi connectivity index (χ0v) is 45.3. The number of hydrogen-bond acceptors (Lipinski definition) is 12. The number of nitrogens with one attached hydrogen (secondary N) is 2. The number of esters is 1.